The summed E-state index contributed by atoms with van der Waals surface area (Å²) < 4.78 is 0. The Hall–Kier alpha value is -2.86. The van der Waals surface area contributed by atoms with Gasteiger partial charge < -0.3 is 9.80 Å². The number of unbranched alkanes of at least 4 members (excludes halogenated alkanes) is 3. The van der Waals surface area contributed by atoms with Crippen molar-refractivity contribution >= 4 is 28.9 Å². The summed E-state index contributed by atoms with van der Waals surface area (Å²) in [6.07, 6.45) is 6.05. The Labute approximate surface area is 171 Å². The molecule has 0 aromatic heterocycles. The molecular formula is C23H27N3O3. The lowest BCUT2D eigenvalue weighted by molar-refractivity contribution is -0.129. The Morgan fingerprint density at radius 2 is 1.59 bits per heavy atom. The number of carbonyl (C=O) groups excluding carboxylic acids is 2. The van der Waals surface area contributed by atoms with Crippen LogP contribution in [0.2, 0.25) is 0 Å². The van der Waals surface area contributed by atoms with Crippen molar-refractivity contribution in [1.29, 1.82) is 0 Å². The minimum Gasteiger partial charge on any atom is -0.336 e. The van der Waals surface area contributed by atoms with Crippen molar-refractivity contribution in [3.63, 3.8) is 0 Å². The van der Waals surface area contributed by atoms with Crippen molar-refractivity contribution in [3.05, 3.63) is 54.1 Å². The van der Waals surface area contributed by atoms with Gasteiger partial charge in [-0.3, -0.25) is 14.8 Å². The van der Waals surface area contributed by atoms with E-state index in [1.165, 1.54) is 0 Å². The van der Waals surface area contributed by atoms with Gasteiger partial charge in [0, 0.05) is 19.0 Å². The second kappa shape index (κ2) is 8.66. The molecule has 2 N–H and O–H groups in total. The van der Waals surface area contributed by atoms with E-state index in [9.17, 15) is 9.59 Å². The van der Waals surface area contributed by atoms with Gasteiger partial charge in [-0.25, -0.2) is 5.48 Å². The summed E-state index contributed by atoms with van der Waals surface area (Å²) >= 11 is 0. The molecule has 29 heavy (non-hydrogen) atoms. The number of fused-ring (bicyclic) bond motifs is 2. The maximum Gasteiger partial charge on any atom is 0.260 e. The Bertz CT molecular complexity index is 894. The zero-order valence-electron chi connectivity index (χ0n) is 16.5. The topological polar surface area (TPSA) is 72.9 Å². The molecule has 0 saturated heterocycles. The smallest absolute Gasteiger partial charge is 0.260 e. The first-order valence-corrected chi connectivity index (χ1v) is 10.4. The molecule has 6 heteroatoms. The van der Waals surface area contributed by atoms with Crippen molar-refractivity contribution in [2.75, 3.05) is 16.3 Å². The molecule has 1 saturated carbocycles. The van der Waals surface area contributed by atoms with E-state index in [0.29, 0.717) is 19.0 Å². The molecule has 1 heterocycles. The first-order chi connectivity index (χ1) is 14.2. The third-order valence-corrected chi connectivity index (χ3v) is 5.64. The third kappa shape index (κ3) is 4.12. The van der Waals surface area contributed by atoms with Crippen LogP contribution in [0, 0.1) is 0 Å². The van der Waals surface area contributed by atoms with Gasteiger partial charge in [0.15, 0.2) is 0 Å². The zero-order chi connectivity index (χ0) is 20.2. The molecule has 1 aliphatic carbocycles. The van der Waals surface area contributed by atoms with Crippen LogP contribution in [0.1, 0.15) is 55.3 Å². The highest BCUT2D eigenvalue weighted by Crippen LogP contribution is 2.46. The number of para-hydroxylation sites is 3. The molecule has 2 aromatic rings. The minimum absolute atomic E-state index is 0.0517. The van der Waals surface area contributed by atoms with Crippen LogP contribution in [0.4, 0.5) is 17.1 Å². The number of anilines is 3. The monoisotopic (exact) mass is 393 g/mol. The molecule has 1 aliphatic heterocycles. The molecule has 1 fully saturated rings. The standard InChI is InChI=1S/C23H27N3O3/c27-22(24-29)13-3-1-2-8-16-25-20-11-6-7-12-21(20)26(17-14-15-17)19-10-5-4-9-18(19)23(25)28/h4-7,9-12,17,29H,1-3,8,13-16H2,(H,24,27). The zero-order valence-corrected chi connectivity index (χ0v) is 16.5. The number of nitrogens with zero attached hydrogens (tertiary/aromatic N) is 2. The lowest BCUT2D eigenvalue weighted by Gasteiger charge is -2.27. The number of amides is 2. The van der Waals surface area contributed by atoms with Gasteiger partial charge in [0.05, 0.1) is 22.6 Å². The predicted molar refractivity (Wildman–Crippen MR) is 113 cm³/mol. The Kier molecular flexibility index (Phi) is 5.81. The van der Waals surface area contributed by atoms with Gasteiger partial charge in [0.2, 0.25) is 5.91 Å². The Morgan fingerprint density at radius 3 is 2.31 bits per heavy atom. The Morgan fingerprint density at radius 1 is 0.931 bits per heavy atom. The van der Waals surface area contributed by atoms with Gasteiger partial charge in [-0.1, -0.05) is 37.1 Å². The van der Waals surface area contributed by atoms with E-state index in [1.807, 2.05) is 41.3 Å². The number of hydrogen-bond acceptors (Lipinski definition) is 4. The van der Waals surface area contributed by atoms with Gasteiger partial charge in [-0.15, -0.1) is 0 Å². The summed E-state index contributed by atoms with van der Waals surface area (Å²) in [4.78, 5) is 28.8. The van der Waals surface area contributed by atoms with Crippen molar-refractivity contribution in [2.45, 2.75) is 51.0 Å². The van der Waals surface area contributed by atoms with Crippen molar-refractivity contribution in [1.82, 2.24) is 5.48 Å². The van der Waals surface area contributed by atoms with E-state index < -0.39 is 0 Å². The Balaban J connectivity index is 1.53. The quantitative estimate of drug-likeness (QED) is 0.396. The molecule has 0 atom stereocenters. The molecule has 0 radical (unpaired) electrons. The first kappa shape index (κ1) is 19.5. The largest absolute Gasteiger partial charge is 0.336 e. The third-order valence-electron chi connectivity index (χ3n) is 5.64. The summed E-state index contributed by atoms with van der Waals surface area (Å²) in [5.41, 5.74) is 5.50. The summed E-state index contributed by atoms with van der Waals surface area (Å²) in [6, 6.07) is 16.6. The molecule has 0 unspecified atom stereocenters. The summed E-state index contributed by atoms with van der Waals surface area (Å²) in [7, 11) is 0. The van der Waals surface area contributed by atoms with E-state index in [4.69, 9.17) is 5.21 Å². The maximum absolute atomic E-state index is 13.5. The van der Waals surface area contributed by atoms with Crippen molar-refractivity contribution < 1.29 is 14.8 Å². The van der Waals surface area contributed by atoms with Gasteiger partial charge >= 0.3 is 0 Å². The number of carbonyl (C=O) groups is 2. The van der Waals surface area contributed by atoms with Crippen LogP contribution in [-0.4, -0.2) is 29.6 Å². The van der Waals surface area contributed by atoms with Crippen LogP contribution in [0.5, 0.6) is 0 Å². The van der Waals surface area contributed by atoms with Crippen LogP contribution in [0.3, 0.4) is 0 Å². The highest BCUT2D eigenvalue weighted by molar-refractivity contribution is 6.14. The van der Waals surface area contributed by atoms with Crippen LogP contribution in [0.25, 0.3) is 0 Å². The van der Waals surface area contributed by atoms with Crippen LogP contribution < -0.4 is 15.3 Å². The molecule has 6 nitrogen and oxygen atoms in total. The van der Waals surface area contributed by atoms with Crippen molar-refractivity contribution in [3.8, 4) is 0 Å². The van der Waals surface area contributed by atoms with Crippen LogP contribution >= 0.6 is 0 Å². The fourth-order valence-corrected chi connectivity index (χ4v) is 4.06. The van der Waals surface area contributed by atoms with E-state index >= 15 is 0 Å². The summed E-state index contributed by atoms with van der Waals surface area (Å²) in [5.74, 6) is -0.297. The molecule has 0 spiro atoms. The highest BCUT2D eigenvalue weighted by atomic mass is 16.5. The van der Waals surface area contributed by atoms with Crippen LogP contribution in [0.15, 0.2) is 48.5 Å². The second-order valence-electron chi connectivity index (χ2n) is 7.76. The lowest BCUT2D eigenvalue weighted by atomic mass is 10.1. The van der Waals surface area contributed by atoms with Crippen molar-refractivity contribution in [2.24, 2.45) is 0 Å². The normalized spacial score (nSPS) is 15.6. The first-order valence-electron chi connectivity index (χ1n) is 10.4. The lowest BCUT2D eigenvalue weighted by Crippen LogP contribution is -2.31. The molecule has 2 aromatic carbocycles. The minimum atomic E-state index is -0.349. The maximum atomic E-state index is 13.5. The molecule has 0 bridgehead atoms. The number of nitrogens with one attached hydrogen (secondary N) is 1. The molecular weight excluding hydrogens is 366 g/mol. The van der Waals surface area contributed by atoms with Gasteiger partial charge in [0.25, 0.3) is 5.91 Å². The average Bonchev–Trinajstić information content (AvgIpc) is 3.59. The number of benzene rings is 2. The number of hydroxylamine groups is 1. The molecule has 2 aliphatic rings. The highest BCUT2D eigenvalue weighted by Gasteiger charge is 2.37. The second-order valence-corrected chi connectivity index (χ2v) is 7.76. The van der Waals surface area contributed by atoms with E-state index in [1.54, 1.807) is 5.48 Å². The average molecular weight is 393 g/mol. The number of rotatable bonds is 8. The molecule has 4 rings (SSSR count). The van der Waals surface area contributed by atoms with Gasteiger partial charge in [-0.05, 0) is 49.9 Å². The van der Waals surface area contributed by atoms with E-state index in [2.05, 4.69) is 17.0 Å². The van der Waals surface area contributed by atoms with Crippen LogP contribution in [-0.2, 0) is 4.79 Å². The molecule has 152 valence electrons. The van der Waals surface area contributed by atoms with Gasteiger partial charge in [-0.2, -0.15) is 0 Å². The predicted octanol–water partition coefficient (Wildman–Crippen LogP) is 4.40. The fourth-order valence-electron chi connectivity index (χ4n) is 4.06. The summed E-state index contributed by atoms with van der Waals surface area (Å²) in [5, 5.41) is 8.55. The number of hydrogen-bond donors (Lipinski definition) is 2. The SMILES string of the molecule is O=C(CCCCCCN1C(=O)c2ccccc2N(C2CC2)c2ccccc21)NO. The molecule has 2 amide bonds. The van der Waals surface area contributed by atoms with E-state index in [0.717, 1.165) is 61.2 Å². The van der Waals surface area contributed by atoms with Gasteiger partial charge in [0.1, 0.15) is 0 Å². The van der Waals surface area contributed by atoms with E-state index in [-0.39, 0.29) is 11.8 Å². The summed E-state index contributed by atoms with van der Waals surface area (Å²) in [6.45, 7) is 0.648. The fraction of sp³-hybridized carbons (Fsp3) is 0.391.